The molecule has 0 saturated carbocycles. The highest BCUT2D eigenvalue weighted by Gasteiger charge is 2.26. The zero-order chi connectivity index (χ0) is 21.3. The summed E-state index contributed by atoms with van der Waals surface area (Å²) < 4.78 is 11.4. The number of methoxy groups -OCH3 is 1. The van der Waals surface area contributed by atoms with Crippen LogP contribution in [0.5, 0.6) is 5.75 Å². The van der Waals surface area contributed by atoms with E-state index in [1.807, 2.05) is 41.5 Å². The number of thioether (sulfide) groups is 1. The molecule has 2 aromatic rings. The molecule has 1 aliphatic heterocycles. The fourth-order valence-electron chi connectivity index (χ4n) is 3.53. The van der Waals surface area contributed by atoms with E-state index in [1.165, 1.54) is 11.8 Å². The Bertz CT molecular complexity index is 853. The van der Waals surface area contributed by atoms with Crippen molar-refractivity contribution < 1.29 is 14.3 Å². The topological polar surface area (TPSA) is 54.9 Å². The molecule has 0 N–H and O–H groups in total. The number of ether oxygens (including phenoxy) is 2. The Morgan fingerprint density at radius 1 is 1.27 bits per heavy atom. The lowest BCUT2D eigenvalue weighted by atomic mass is 10.1. The second-order valence-corrected chi connectivity index (χ2v) is 7.84. The monoisotopic (exact) mass is 427 g/mol. The zero-order valence-electron chi connectivity index (χ0n) is 17.6. The number of carbonyl (C=O) groups is 1. The molecule has 0 spiro atoms. The summed E-state index contributed by atoms with van der Waals surface area (Å²) in [5, 5.41) is 0.779. The van der Waals surface area contributed by atoms with Crippen LogP contribution in [0.15, 0.2) is 60.3 Å². The first-order chi connectivity index (χ1) is 14.7. The van der Waals surface area contributed by atoms with Crippen molar-refractivity contribution in [3.8, 4) is 5.75 Å². The predicted molar refractivity (Wildman–Crippen MR) is 120 cm³/mol. The van der Waals surface area contributed by atoms with Crippen LogP contribution < -0.4 is 4.74 Å². The summed E-state index contributed by atoms with van der Waals surface area (Å²) in [6.45, 7) is 7.99. The minimum atomic E-state index is -0.0817. The number of benzene rings is 1. The minimum absolute atomic E-state index is 0.0550. The third kappa shape index (κ3) is 5.62. The SMILES string of the molecule is C=CCOC(CN1CCN(C(=O)c2cccnc2SC)CC1)c1cccc(OC)c1. The van der Waals surface area contributed by atoms with Crippen molar-refractivity contribution in [2.45, 2.75) is 11.1 Å². The van der Waals surface area contributed by atoms with Gasteiger partial charge in [0.1, 0.15) is 10.8 Å². The van der Waals surface area contributed by atoms with Crippen molar-refractivity contribution >= 4 is 17.7 Å². The molecule has 1 aromatic heterocycles. The predicted octanol–water partition coefficient (Wildman–Crippen LogP) is 3.51. The molecule has 3 rings (SSSR count). The lowest BCUT2D eigenvalue weighted by molar-refractivity contribution is 0.0243. The Hall–Kier alpha value is -2.35. The number of amides is 1. The van der Waals surface area contributed by atoms with E-state index < -0.39 is 0 Å². The maximum Gasteiger partial charge on any atom is 0.256 e. The molecule has 30 heavy (non-hydrogen) atoms. The molecule has 1 aromatic carbocycles. The Kier molecular flexibility index (Phi) is 8.30. The summed E-state index contributed by atoms with van der Waals surface area (Å²) in [6, 6.07) is 11.7. The number of carbonyl (C=O) groups excluding carboxylic acids is 1. The maximum atomic E-state index is 12.9. The molecule has 6 nitrogen and oxygen atoms in total. The van der Waals surface area contributed by atoms with E-state index in [1.54, 1.807) is 19.4 Å². The summed E-state index contributed by atoms with van der Waals surface area (Å²) in [7, 11) is 1.67. The first-order valence-corrected chi connectivity index (χ1v) is 11.3. The van der Waals surface area contributed by atoms with Gasteiger partial charge in [0.15, 0.2) is 0 Å². The van der Waals surface area contributed by atoms with Crippen LogP contribution in [0.1, 0.15) is 22.0 Å². The molecule has 1 atom stereocenters. The van der Waals surface area contributed by atoms with Gasteiger partial charge < -0.3 is 14.4 Å². The standard InChI is InChI=1S/C23H29N3O3S/c1-4-15-29-21(18-7-5-8-19(16-18)28-2)17-25-11-13-26(14-12-25)23(27)20-9-6-10-24-22(20)30-3/h4-10,16,21H,1,11-15,17H2,2-3H3. The van der Waals surface area contributed by atoms with Gasteiger partial charge in [-0.15, -0.1) is 18.3 Å². The molecule has 1 fully saturated rings. The summed E-state index contributed by atoms with van der Waals surface area (Å²) in [5.41, 5.74) is 1.76. The zero-order valence-corrected chi connectivity index (χ0v) is 18.4. The van der Waals surface area contributed by atoms with E-state index in [0.29, 0.717) is 25.3 Å². The fraction of sp³-hybridized carbons (Fsp3) is 0.391. The Morgan fingerprint density at radius 3 is 2.77 bits per heavy atom. The van der Waals surface area contributed by atoms with Crippen LogP contribution >= 0.6 is 11.8 Å². The normalized spacial score (nSPS) is 15.6. The van der Waals surface area contributed by atoms with Gasteiger partial charge in [0.2, 0.25) is 0 Å². The fourth-order valence-corrected chi connectivity index (χ4v) is 4.08. The highest BCUT2D eigenvalue weighted by Crippen LogP contribution is 2.24. The summed E-state index contributed by atoms with van der Waals surface area (Å²) in [4.78, 5) is 21.5. The average molecular weight is 428 g/mol. The molecule has 160 valence electrons. The minimum Gasteiger partial charge on any atom is -0.497 e. The molecule has 1 amide bonds. The van der Waals surface area contributed by atoms with Gasteiger partial charge >= 0.3 is 0 Å². The van der Waals surface area contributed by atoms with E-state index in [4.69, 9.17) is 9.47 Å². The summed E-state index contributed by atoms with van der Waals surface area (Å²) in [5.74, 6) is 0.871. The lowest BCUT2D eigenvalue weighted by Crippen LogP contribution is -2.49. The van der Waals surface area contributed by atoms with E-state index >= 15 is 0 Å². The number of nitrogens with zero attached hydrogens (tertiary/aromatic N) is 3. The van der Waals surface area contributed by atoms with Crippen molar-refractivity contribution in [1.82, 2.24) is 14.8 Å². The van der Waals surface area contributed by atoms with E-state index in [2.05, 4.69) is 22.5 Å². The van der Waals surface area contributed by atoms with Crippen LogP contribution in [-0.4, -0.2) is 73.4 Å². The van der Waals surface area contributed by atoms with Gasteiger partial charge in [-0.1, -0.05) is 18.2 Å². The number of pyridine rings is 1. The number of hydrogen-bond donors (Lipinski definition) is 0. The van der Waals surface area contributed by atoms with Gasteiger partial charge in [-0.05, 0) is 36.1 Å². The smallest absolute Gasteiger partial charge is 0.256 e. The molecule has 1 unspecified atom stereocenters. The van der Waals surface area contributed by atoms with Crippen molar-refractivity contribution in [2.75, 3.05) is 52.7 Å². The van der Waals surface area contributed by atoms with Gasteiger partial charge in [0, 0.05) is 38.9 Å². The van der Waals surface area contributed by atoms with Crippen LogP contribution in [0.3, 0.4) is 0 Å². The molecule has 2 heterocycles. The molecular weight excluding hydrogens is 398 g/mol. The molecule has 0 bridgehead atoms. The van der Waals surface area contributed by atoms with Crippen molar-refractivity contribution in [2.24, 2.45) is 0 Å². The Balaban J connectivity index is 1.62. The van der Waals surface area contributed by atoms with Gasteiger partial charge in [-0.3, -0.25) is 9.69 Å². The largest absolute Gasteiger partial charge is 0.497 e. The number of aromatic nitrogens is 1. The van der Waals surface area contributed by atoms with Gasteiger partial charge in [-0.2, -0.15) is 0 Å². The Labute approximate surface area is 182 Å². The van der Waals surface area contributed by atoms with Gasteiger partial charge in [0.25, 0.3) is 5.91 Å². The number of rotatable bonds is 9. The van der Waals surface area contributed by atoms with Gasteiger partial charge in [0.05, 0.1) is 25.4 Å². The quantitative estimate of drug-likeness (QED) is 0.451. The maximum absolute atomic E-state index is 12.9. The van der Waals surface area contributed by atoms with Crippen LogP contribution in [0.2, 0.25) is 0 Å². The first kappa shape index (κ1) is 22.3. The second kappa shape index (κ2) is 11.2. The average Bonchev–Trinajstić information content (AvgIpc) is 2.81. The first-order valence-electron chi connectivity index (χ1n) is 10.0. The van der Waals surface area contributed by atoms with E-state index in [0.717, 1.165) is 36.0 Å². The number of piperazine rings is 1. The molecular formula is C23H29N3O3S. The number of hydrogen-bond acceptors (Lipinski definition) is 6. The van der Waals surface area contributed by atoms with E-state index in [-0.39, 0.29) is 12.0 Å². The highest BCUT2D eigenvalue weighted by molar-refractivity contribution is 7.98. The summed E-state index contributed by atoms with van der Waals surface area (Å²) >= 11 is 1.50. The van der Waals surface area contributed by atoms with Crippen LogP contribution in [-0.2, 0) is 4.74 Å². The van der Waals surface area contributed by atoms with E-state index in [9.17, 15) is 4.79 Å². The van der Waals surface area contributed by atoms with Crippen LogP contribution in [0.25, 0.3) is 0 Å². The highest BCUT2D eigenvalue weighted by atomic mass is 32.2. The lowest BCUT2D eigenvalue weighted by Gasteiger charge is -2.36. The Morgan fingerprint density at radius 2 is 2.07 bits per heavy atom. The van der Waals surface area contributed by atoms with Crippen molar-refractivity contribution in [1.29, 1.82) is 0 Å². The third-order valence-corrected chi connectivity index (χ3v) is 5.87. The summed E-state index contributed by atoms with van der Waals surface area (Å²) in [6.07, 6.45) is 5.35. The van der Waals surface area contributed by atoms with Crippen molar-refractivity contribution in [3.05, 3.63) is 66.4 Å². The second-order valence-electron chi connectivity index (χ2n) is 7.04. The van der Waals surface area contributed by atoms with Crippen molar-refractivity contribution in [3.63, 3.8) is 0 Å². The molecule has 1 aliphatic rings. The molecule has 0 aliphatic carbocycles. The molecule has 0 radical (unpaired) electrons. The van der Waals surface area contributed by atoms with Crippen LogP contribution in [0, 0.1) is 0 Å². The third-order valence-electron chi connectivity index (χ3n) is 5.16. The molecule has 1 saturated heterocycles. The molecule has 7 heteroatoms. The van der Waals surface area contributed by atoms with Gasteiger partial charge in [-0.25, -0.2) is 4.98 Å². The van der Waals surface area contributed by atoms with Crippen LogP contribution in [0.4, 0.5) is 0 Å².